The van der Waals surface area contributed by atoms with Crippen LogP contribution in [0.1, 0.15) is 269 Å². The molecule has 49 heavy (non-hydrogen) atoms. The Bertz CT molecular complexity index is 768. The molecule has 1 heterocycles. The number of hydrogen-bond donors (Lipinski definition) is 0. The van der Waals surface area contributed by atoms with Gasteiger partial charge in [0.2, 0.25) is 0 Å². The summed E-state index contributed by atoms with van der Waals surface area (Å²) in [5.74, 6) is 0. The topological polar surface area (TPSA) is 3.88 Å². The average Bonchev–Trinajstić information content (AvgIpc) is 3.11. The van der Waals surface area contributed by atoms with Gasteiger partial charge in [0.1, 0.15) is 6.54 Å². The first-order chi connectivity index (χ1) is 24.3. The summed E-state index contributed by atoms with van der Waals surface area (Å²) < 4.78 is 2.53. The standard InChI is InChI=1S/C48H92N/c1-4-7-10-13-16-18-20-22-24-26-28-30-32-35-38-41-47-43-45-49(44-40-37-34-15-12-9-6-3)46-48(47)42-39-36-33-31-29-27-25-23-21-19-17-14-11-8-5-2/h43,45-46H,4-42,44H2,1-3H3/q+1. The lowest BCUT2D eigenvalue weighted by Crippen LogP contribution is -2.34. The van der Waals surface area contributed by atoms with Crippen LogP contribution in [0.15, 0.2) is 18.5 Å². The lowest BCUT2D eigenvalue weighted by atomic mass is 9.97. The Morgan fingerprint density at radius 2 is 0.571 bits per heavy atom. The zero-order valence-corrected chi connectivity index (χ0v) is 34.5. The van der Waals surface area contributed by atoms with Crippen molar-refractivity contribution in [3.63, 3.8) is 0 Å². The van der Waals surface area contributed by atoms with E-state index in [-0.39, 0.29) is 0 Å². The summed E-state index contributed by atoms with van der Waals surface area (Å²) in [5.41, 5.74) is 3.33. The van der Waals surface area contributed by atoms with Gasteiger partial charge in [-0.15, -0.1) is 0 Å². The van der Waals surface area contributed by atoms with Gasteiger partial charge in [-0.3, -0.25) is 0 Å². The molecule has 0 aliphatic heterocycles. The maximum Gasteiger partial charge on any atom is 0.172 e. The number of rotatable bonds is 40. The fourth-order valence-electron chi connectivity index (χ4n) is 7.85. The predicted octanol–water partition coefficient (Wildman–Crippen LogP) is 16.6. The Hall–Kier alpha value is -0.850. The summed E-state index contributed by atoms with van der Waals surface area (Å²) in [6, 6.07) is 2.51. The Morgan fingerprint density at radius 3 is 0.898 bits per heavy atom. The van der Waals surface area contributed by atoms with Crippen LogP contribution in [0.5, 0.6) is 0 Å². The minimum absolute atomic E-state index is 1.21. The maximum atomic E-state index is 2.56. The van der Waals surface area contributed by atoms with E-state index in [1.165, 1.54) is 257 Å². The second-order valence-corrected chi connectivity index (χ2v) is 16.3. The van der Waals surface area contributed by atoms with E-state index in [4.69, 9.17) is 0 Å². The van der Waals surface area contributed by atoms with E-state index in [9.17, 15) is 0 Å². The lowest BCUT2D eigenvalue weighted by Gasteiger charge is -2.10. The van der Waals surface area contributed by atoms with Crippen LogP contribution in [0.2, 0.25) is 0 Å². The second-order valence-electron chi connectivity index (χ2n) is 16.3. The van der Waals surface area contributed by atoms with Gasteiger partial charge in [-0.1, -0.05) is 233 Å². The van der Waals surface area contributed by atoms with Crippen molar-refractivity contribution in [2.24, 2.45) is 0 Å². The van der Waals surface area contributed by atoms with Crippen molar-refractivity contribution in [3.8, 4) is 0 Å². The van der Waals surface area contributed by atoms with Crippen molar-refractivity contribution in [1.29, 1.82) is 0 Å². The Morgan fingerprint density at radius 1 is 0.306 bits per heavy atom. The summed E-state index contributed by atoms with van der Waals surface area (Å²) >= 11 is 0. The molecule has 0 unspecified atom stereocenters. The highest BCUT2D eigenvalue weighted by Crippen LogP contribution is 2.19. The third-order valence-electron chi connectivity index (χ3n) is 11.3. The van der Waals surface area contributed by atoms with Crippen molar-refractivity contribution in [3.05, 3.63) is 29.6 Å². The fourth-order valence-corrected chi connectivity index (χ4v) is 7.85. The van der Waals surface area contributed by atoms with Crippen molar-refractivity contribution < 1.29 is 4.57 Å². The molecule has 0 fully saturated rings. The zero-order chi connectivity index (χ0) is 35.1. The van der Waals surface area contributed by atoms with Gasteiger partial charge < -0.3 is 0 Å². The second kappa shape index (κ2) is 38.4. The molecule has 0 aromatic carbocycles. The summed E-state index contributed by atoms with van der Waals surface area (Å²) in [6.45, 7) is 8.15. The van der Waals surface area contributed by atoms with Gasteiger partial charge in [0.15, 0.2) is 12.4 Å². The number of aryl methyl sites for hydroxylation is 3. The molecule has 1 heteroatoms. The molecule has 0 radical (unpaired) electrons. The number of nitrogens with zero attached hydrogens (tertiary/aromatic N) is 1. The number of pyridine rings is 1. The van der Waals surface area contributed by atoms with Crippen LogP contribution in [0.4, 0.5) is 0 Å². The summed E-state index contributed by atoms with van der Waals surface area (Å²) in [4.78, 5) is 0. The van der Waals surface area contributed by atoms with Gasteiger partial charge in [0.05, 0.1) is 0 Å². The number of unbranched alkanes of at least 4 members (excludes halogenated alkanes) is 34. The third-order valence-corrected chi connectivity index (χ3v) is 11.3. The number of aromatic nitrogens is 1. The molecule has 0 aliphatic carbocycles. The van der Waals surface area contributed by atoms with Gasteiger partial charge >= 0.3 is 0 Å². The van der Waals surface area contributed by atoms with Crippen LogP contribution >= 0.6 is 0 Å². The van der Waals surface area contributed by atoms with E-state index in [0.29, 0.717) is 0 Å². The monoisotopic (exact) mass is 683 g/mol. The molecule has 0 saturated heterocycles. The summed E-state index contributed by atoms with van der Waals surface area (Å²) in [6.07, 6.45) is 60.8. The van der Waals surface area contributed by atoms with Gasteiger partial charge in [-0.25, -0.2) is 4.57 Å². The maximum absolute atomic E-state index is 2.56. The molecule has 1 aromatic rings. The highest BCUT2D eigenvalue weighted by molar-refractivity contribution is 5.21. The Labute approximate surface area is 311 Å². The molecular formula is C48H92N+. The van der Waals surface area contributed by atoms with Gasteiger partial charge in [-0.05, 0) is 37.7 Å². The van der Waals surface area contributed by atoms with Crippen molar-refractivity contribution in [1.82, 2.24) is 0 Å². The van der Waals surface area contributed by atoms with E-state index in [1.54, 1.807) is 11.1 Å². The van der Waals surface area contributed by atoms with E-state index in [2.05, 4.69) is 43.8 Å². The first-order valence-electron chi connectivity index (χ1n) is 23.3. The third kappa shape index (κ3) is 31.6. The first kappa shape index (κ1) is 46.2. The molecular weight excluding hydrogens is 591 g/mol. The molecule has 1 nitrogen and oxygen atoms in total. The molecule has 0 atom stereocenters. The quantitative estimate of drug-likeness (QED) is 0.0479. The average molecular weight is 683 g/mol. The van der Waals surface area contributed by atoms with E-state index < -0.39 is 0 Å². The van der Waals surface area contributed by atoms with Gasteiger partial charge in [-0.2, -0.15) is 0 Å². The zero-order valence-electron chi connectivity index (χ0n) is 34.5. The molecule has 1 aromatic heterocycles. The van der Waals surface area contributed by atoms with Crippen LogP contribution in [0.3, 0.4) is 0 Å². The van der Waals surface area contributed by atoms with Crippen molar-refractivity contribution in [2.45, 2.75) is 278 Å². The van der Waals surface area contributed by atoms with Crippen molar-refractivity contribution in [2.75, 3.05) is 0 Å². The minimum Gasteiger partial charge on any atom is -0.205 e. The molecule has 288 valence electrons. The highest BCUT2D eigenvalue weighted by Gasteiger charge is 2.10. The normalized spacial score (nSPS) is 11.6. The van der Waals surface area contributed by atoms with Crippen LogP contribution in [-0.4, -0.2) is 0 Å². The Kier molecular flexibility index (Phi) is 36.2. The predicted molar refractivity (Wildman–Crippen MR) is 222 cm³/mol. The van der Waals surface area contributed by atoms with Gasteiger partial charge in [0.25, 0.3) is 0 Å². The summed E-state index contributed by atoms with van der Waals surface area (Å²) in [5, 5.41) is 0. The molecule has 0 saturated carbocycles. The largest absolute Gasteiger partial charge is 0.205 e. The molecule has 1 rings (SSSR count). The van der Waals surface area contributed by atoms with Crippen LogP contribution < -0.4 is 4.57 Å². The van der Waals surface area contributed by atoms with Crippen LogP contribution in [0, 0.1) is 0 Å². The van der Waals surface area contributed by atoms with Crippen LogP contribution in [-0.2, 0) is 19.4 Å². The fraction of sp³-hybridized carbons (Fsp3) is 0.896. The first-order valence-corrected chi connectivity index (χ1v) is 23.3. The lowest BCUT2D eigenvalue weighted by molar-refractivity contribution is -0.697. The highest BCUT2D eigenvalue weighted by atomic mass is 14.9. The van der Waals surface area contributed by atoms with Gasteiger partial charge in [0, 0.05) is 18.1 Å². The van der Waals surface area contributed by atoms with E-state index in [1.807, 2.05) is 0 Å². The molecule has 0 spiro atoms. The number of hydrogen-bond acceptors (Lipinski definition) is 0. The summed E-state index contributed by atoms with van der Waals surface area (Å²) in [7, 11) is 0. The molecule has 0 amide bonds. The van der Waals surface area contributed by atoms with E-state index in [0.717, 1.165) is 0 Å². The Balaban J connectivity index is 2.25. The molecule has 0 N–H and O–H groups in total. The van der Waals surface area contributed by atoms with Crippen LogP contribution in [0.25, 0.3) is 0 Å². The van der Waals surface area contributed by atoms with E-state index >= 15 is 0 Å². The smallest absolute Gasteiger partial charge is 0.172 e. The van der Waals surface area contributed by atoms with Crippen molar-refractivity contribution >= 4 is 0 Å². The SMILES string of the molecule is CCCCCCCCCCCCCCCCCc1cc[n+](CCCCCCCCC)cc1CCCCCCCCCCCCCCCCC. The molecule has 0 bridgehead atoms. The molecule has 0 aliphatic rings. The minimum atomic E-state index is 1.21.